The molecule has 17 aromatic rings. The smallest absolute Gasteiger partial charge is 0.00241 e. The fourth-order valence-corrected chi connectivity index (χ4v) is 12.3. The molecule has 0 bridgehead atoms. The van der Waals surface area contributed by atoms with Crippen molar-refractivity contribution in [2.24, 2.45) is 0 Å². The topological polar surface area (TPSA) is 0 Å². The van der Waals surface area contributed by atoms with E-state index in [9.17, 15) is 0 Å². The van der Waals surface area contributed by atoms with Gasteiger partial charge in [0, 0.05) is 0 Å². The van der Waals surface area contributed by atoms with Crippen molar-refractivity contribution in [1.82, 2.24) is 0 Å². The molecular weight excluding hydrogens is 1190 g/mol. The van der Waals surface area contributed by atoms with Crippen LogP contribution in [0.2, 0.25) is 0 Å². The second-order valence-electron chi connectivity index (χ2n) is 21.5. The quantitative estimate of drug-likeness (QED) is 0.133. The Balaban J connectivity index is 0.000000303. The van der Waals surface area contributed by atoms with Crippen molar-refractivity contribution < 1.29 is 0 Å². The lowest BCUT2D eigenvalue weighted by atomic mass is 9.92. The third-order valence-corrected chi connectivity index (χ3v) is 16.2. The van der Waals surface area contributed by atoms with Crippen LogP contribution in [-0.4, -0.2) is 0 Å². The minimum Gasteiger partial charge on any atom is -0.0683 e. The SMILES string of the molecule is CC.CC.CC.CC.CC.CC.CC.CC.CC.CC.Cc1cc2cccc3ccc4cccc1c4c32.Cc1cc2ccccc2c2ccccc12.Cc1ccc2c(ccc3ccccc32)c1.Cc1ccc2ccc3cccc4ccc1c2c34.Cc1ccc2ccc3ccccc3c2c1. The Hall–Kier alpha value is -9.62. The normalized spacial score (nSPS) is 9.67. The maximum Gasteiger partial charge on any atom is -0.00241 e. The zero-order chi connectivity index (χ0) is 73.6. The van der Waals surface area contributed by atoms with Gasteiger partial charge >= 0.3 is 0 Å². The summed E-state index contributed by atoms with van der Waals surface area (Å²) in [5, 5.41) is 32.5. The highest BCUT2D eigenvalue weighted by molar-refractivity contribution is 6.25. The van der Waals surface area contributed by atoms with Crippen molar-refractivity contribution in [2.45, 2.75) is 173 Å². The summed E-state index contributed by atoms with van der Waals surface area (Å²) in [6.45, 7) is 50.8. The zero-order valence-electron chi connectivity index (χ0n) is 65.5. The van der Waals surface area contributed by atoms with Crippen molar-refractivity contribution in [1.29, 1.82) is 0 Å². The molecule has 0 radical (unpaired) electrons. The Morgan fingerprint density at radius 2 is 0.384 bits per heavy atom. The summed E-state index contributed by atoms with van der Waals surface area (Å²) in [6.07, 6.45) is 0. The molecule has 516 valence electrons. The first-order valence-corrected chi connectivity index (χ1v) is 37.6. The third-order valence-electron chi connectivity index (χ3n) is 16.2. The van der Waals surface area contributed by atoms with Gasteiger partial charge in [-0.1, -0.05) is 423 Å². The molecule has 0 aliphatic heterocycles. The molecule has 17 aromatic carbocycles. The van der Waals surface area contributed by atoms with Gasteiger partial charge in [-0.15, -0.1) is 0 Å². The minimum absolute atomic E-state index is 1.31. The molecule has 0 aromatic heterocycles. The number of hydrogen-bond donors (Lipinski definition) is 0. The maximum absolute atomic E-state index is 2.30. The van der Waals surface area contributed by atoms with E-state index in [0.29, 0.717) is 0 Å². The maximum atomic E-state index is 2.30. The fourth-order valence-electron chi connectivity index (χ4n) is 12.3. The van der Waals surface area contributed by atoms with Crippen LogP contribution in [0.5, 0.6) is 0 Å². The van der Waals surface area contributed by atoms with Gasteiger partial charge in [-0.05, 0) is 181 Å². The molecule has 0 atom stereocenters. The second-order valence-corrected chi connectivity index (χ2v) is 21.5. The van der Waals surface area contributed by atoms with Crippen molar-refractivity contribution in [3.8, 4) is 0 Å². The molecule has 0 saturated heterocycles. The molecule has 0 heteroatoms. The average Bonchev–Trinajstić information content (AvgIpc) is 0.751. The van der Waals surface area contributed by atoms with Gasteiger partial charge in [0.1, 0.15) is 0 Å². The molecule has 0 N–H and O–H groups in total. The van der Waals surface area contributed by atoms with Gasteiger partial charge in [-0.25, -0.2) is 0 Å². The Labute approximate surface area is 599 Å². The van der Waals surface area contributed by atoms with Crippen LogP contribution in [0.4, 0.5) is 0 Å². The molecule has 0 amide bonds. The molecule has 0 nitrogen and oxygen atoms in total. The van der Waals surface area contributed by atoms with E-state index in [-0.39, 0.29) is 0 Å². The van der Waals surface area contributed by atoms with Crippen LogP contribution in [0.25, 0.3) is 129 Å². The second kappa shape index (κ2) is 45.1. The molecule has 0 heterocycles. The number of rotatable bonds is 0. The van der Waals surface area contributed by atoms with Gasteiger partial charge in [0.2, 0.25) is 0 Å². The Kier molecular flexibility index (Phi) is 38.1. The summed E-state index contributed by atoms with van der Waals surface area (Å²) in [4.78, 5) is 0. The first kappa shape index (κ1) is 83.6. The monoisotopic (exact) mass is 1310 g/mol. The largest absolute Gasteiger partial charge is 0.0683 e. The van der Waals surface area contributed by atoms with E-state index >= 15 is 0 Å². The molecule has 0 aliphatic carbocycles. The van der Waals surface area contributed by atoms with Crippen molar-refractivity contribution in [2.75, 3.05) is 0 Å². The summed E-state index contributed by atoms with van der Waals surface area (Å²) in [6, 6.07) is 98.3. The minimum atomic E-state index is 1.31. The highest BCUT2D eigenvalue weighted by Gasteiger charge is 2.11. The number of hydrogen-bond acceptors (Lipinski definition) is 0. The molecule has 17 rings (SSSR count). The summed E-state index contributed by atoms with van der Waals surface area (Å²) in [5.74, 6) is 0. The molecule has 0 aliphatic rings. The summed E-state index contributed by atoms with van der Waals surface area (Å²) < 4.78 is 0. The first-order chi connectivity index (χ1) is 48.7. The molecule has 0 saturated carbocycles. The van der Waals surface area contributed by atoms with Crippen LogP contribution in [0.3, 0.4) is 0 Å². The van der Waals surface area contributed by atoms with E-state index in [1.54, 1.807) is 0 Å². The van der Waals surface area contributed by atoms with Gasteiger partial charge in [0.25, 0.3) is 0 Å². The third kappa shape index (κ3) is 20.3. The average molecular weight is 1310 g/mol. The summed E-state index contributed by atoms with van der Waals surface area (Å²) >= 11 is 0. The predicted octanol–water partition coefficient (Wildman–Crippen LogP) is 33.0. The molecular formula is C99H120. The van der Waals surface area contributed by atoms with Gasteiger partial charge < -0.3 is 0 Å². The van der Waals surface area contributed by atoms with Crippen molar-refractivity contribution >= 4 is 129 Å². The van der Waals surface area contributed by atoms with Crippen LogP contribution < -0.4 is 0 Å². The zero-order valence-corrected chi connectivity index (χ0v) is 65.5. The van der Waals surface area contributed by atoms with E-state index in [0.717, 1.165) is 0 Å². The Morgan fingerprint density at radius 1 is 0.131 bits per heavy atom. The number of aryl methyl sites for hydroxylation is 5. The van der Waals surface area contributed by atoms with Crippen LogP contribution >= 0.6 is 0 Å². The van der Waals surface area contributed by atoms with E-state index < -0.39 is 0 Å². The van der Waals surface area contributed by atoms with Gasteiger partial charge in [-0.2, -0.15) is 0 Å². The van der Waals surface area contributed by atoms with E-state index in [4.69, 9.17) is 0 Å². The molecule has 0 unspecified atom stereocenters. The van der Waals surface area contributed by atoms with Crippen molar-refractivity contribution in [3.05, 3.63) is 301 Å². The lowest BCUT2D eigenvalue weighted by Gasteiger charge is -2.12. The van der Waals surface area contributed by atoms with Gasteiger partial charge in [-0.3, -0.25) is 0 Å². The fraction of sp³-hybridized carbons (Fsp3) is 0.253. The number of benzene rings is 17. The highest BCUT2D eigenvalue weighted by atomic mass is 14.1. The van der Waals surface area contributed by atoms with E-state index in [2.05, 4.69) is 308 Å². The van der Waals surface area contributed by atoms with Gasteiger partial charge in [0.15, 0.2) is 0 Å². The predicted molar refractivity (Wildman–Crippen MR) is 462 cm³/mol. The highest BCUT2D eigenvalue weighted by Crippen LogP contribution is 2.38. The summed E-state index contributed by atoms with van der Waals surface area (Å²) in [5.41, 5.74) is 6.71. The molecule has 0 spiro atoms. The lowest BCUT2D eigenvalue weighted by molar-refractivity contribution is 1.50. The van der Waals surface area contributed by atoms with E-state index in [1.165, 1.54) is 157 Å². The first-order valence-electron chi connectivity index (χ1n) is 37.6. The van der Waals surface area contributed by atoms with Crippen molar-refractivity contribution in [3.63, 3.8) is 0 Å². The van der Waals surface area contributed by atoms with Crippen LogP contribution in [0.1, 0.15) is 166 Å². The number of fused-ring (bicyclic) bond motifs is 9. The molecule has 99 heavy (non-hydrogen) atoms. The van der Waals surface area contributed by atoms with Gasteiger partial charge in [0.05, 0.1) is 0 Å². The lowest BCUT2D eigenvalue weighted by Crippen LogP contribution is -1.85. The van der Waals surface area contributed by atoms with Crippen LogP contribution in [0, 0.1) is 34.6 Å². The van der Waals surface area contributed by atoms with E-state index in [1.807, 2.05) is 138 Å². The van der Waals surface area contributed by atoms with Crippen LogP contribution in [-0.2, 0) is 0 Å². The molecule has 0 fully saturated rings. The standard InChI is InChI=1S/2C17H12.3C15H12.10C2H6/c1-11-10-14-6-2-4-12-8-9-13-5-3-7-15(11)17(13)16(12)14;1-11-5-6-14-8-7-12-3-2-4-13-9-10-15(11)17(14)16(12)13;1-11-10-12-6-2-3-8-14(12)15-9-5-4-7-13(11)15;1-11-6-9-15-13(10-11)8-7-12-4-2-3-5-14(12)15;1-11-6-7-13-9-8-12-4-2-3-5-14(12)15(13)10-11;10*1-2/h2*2-10H,1H3;3*2-10H,1H3;10*1-2H3. The van der Waals surface area contributed by atoms with Crippen LogP contribution in [0.15, 0.2) is 273 Å². The Morgan fingerprint density at radius 3 is 0.909 bits per heavy atom. The summed E-state index contributed by atoms with van der Waals surface area (Å²) in [7, 11) is 0. The Bertz CT molecular complexity index is 4990.